The molecule has 0 aliphatic carbocycles. The van der Waals surface area contributed by atoms with Crippen molar-refractivity contribution >= 4 is 17.7 Å². The first-order chi connectivity index (χ1) is 9.90. The van der Waals surface area contributed by atoms with Crippen molar-refractivity contribution in [2.24, 2.45) is 0 Å². The molecule has 1 rings (SSSR count). The van der Waals surface area contributed by atoms with Crippen LogP contribution in [0.4, 0.5) is 0 Å². The predicted octanol–water partition coefficient (Wildman–Crippen LogP) is 2.85. The van der Waals surface area contributed by atoms with E-state index in [1.807, 2.05) is 13.8 Å². The lowest BCUT2D eigenvalue weighted by Crippen LogP contribution is -2.32. The van der Waals surface area contributed by atoms with Crippen molar-refractivity contribution in [1.29, 1.82) is 0 Å². The summed E-state index contributed by atoms with van der Waals surface area (Å²) in [5, 5.41) is 9.11. The predicted molar refractivity (Wildman–Crippen MR) is 79.9 cm³/mol. The number of ketones is 1. The van der Waals surface area contributed by atoms with Crippen LogP contribution in [-0.4, -0.2) is 40.8 Å². The van der Waals surface area contributed by atoms with Crippen LogP contribution in [0.5, 0.6) is 0 Å². The van der Waals surface area contributed by atoms with Gasteiger partial charge in [-0.05, 0) is 38.0 Å². The van der Waals surface area contributed by atoms with Gasteiger partial charge in [-0.25, -0.2) is 4.79 Å². The normalized spacial score (nSPS) is 10.2. The summed E-state index contributed by atoms with van der Waals surface area (Å²) in [6.07, 6.45) is 1.65. The van der Waals surface area contributed by atoms with E-state index in [0.29, 0.717) is 13.1 Å². The van der Waals surface area contributed by atoms with Gasteiger partial charge in [0.15, 0.2) is 5.78 Å². The largest absolute Gasteiger partial charge is 0.478 e. The topological polar surface area (TPSA) is 74.7 Å². The molecular weight excluding hydrogens is 270 g/mol. The number of carbonyl (C=O) groups is 3. The maximum absolute atomic E-state index is 12.5. The summed E-state index contributed by atoms with van der Waals surface area (Å²) in [7, 11) is 0. The molecule has 1 amide bonds. The van der Waals surface area contributed by atoms with E-state index in [2.05, 4.69) is 0 Å². The van der Waals surface area contributed by atoms with Crippen molar-refractivity contribution in [3.8, 4) is 0 Å². The molecule has 0 spiro atoms. The molecule has 5 heteroatoms. The molecule has 0 bridgehead atoms. The number of carbonyl (C=O) groups excluding carboxylic acids is 2. The van der Waals surface area contributed by atoms with Gasteiger partial charge in [-0.1, -0.05) is 13.8 Å². The molecule has 5 nitrogen and oxygen atoms in total. The van der Waals surface area contributed by atoms with Gasteiger partial charge in [-0.15, -0.1) is 0 Å². The zero-order valence-corrected chi connectivity index (χ0v) is 12.7. The molecule has 0 heterocycles. The highest BCUT2D eigenvalue weighted by Gasteiger charge is 2.18. The Hall–Kier alpha value is -2.17. The van der Waals surface area contributed by atoms with Gasteiger partial charge in [-0.2, -0.15) is 0 Å². The molecule has 0 saturated carbocycles. The smallest absolute Gasteiger partial charge is 0.335 e. The van der Waals surface area contributed by atoms with Crippen molar-refractivity contribution in [2.45, 2.75) is 33.6 Å². The van der Waals surface area contributed by atoms with Gasteiger partial charge >= 0.3 is 5.97 Å². The van der Waals surface area contributed by atoms with E-state index >= 15 is 0 Å². The van der Waals surface area contributed by atoms with Crippen LogP contribution in [0.3, 0.4) is 0 Å². The molecular formula is C16H21NO4. The number of hydrogen-bond donors (Lipinski definition) is 1. The first-order valence-corrected chi connectivity index (χ1v) is 7.09. The fraction of sp³-hybridized carbons (Fsp3) is 0.438. The van der Waals surface area contributed by atoms with Crippen molar-refractivity contribution in [3.63, 3.8) is 0 Å². The van der Waals surface area contributed by atoms with Crippen molar-refractivity contribution in [3.05, 3.63) is 34.9 Å². The number of benzene rings is 1. The third-order valence-electron chi connectivity index (χ3n) is 3.11. The Balaban J connectivity index is 3.23. The molecule has 0 radical (unpaired) electrons. The fourth-order valence-corrected chi connectivity index (χ4v) is 2.12. The van der Waals surface area contributed by atoms with Gasteiger partial charge in [-0.3, -0.25) is 9.59 Å². The van der Waals surface area contributed by atoms with Crippen LogP contribution >= 0.6 is 0 Å². The summed E-state index contributed by atoms with van der Waals surface area (Å²) in [5.74, 6) is -1.64. The second-order valence-corrected chi connectivity index (χ2v) is 4.95. The van der Waals surface area contributed by atoms with Gasteiger partial charge in [0.2, 0.25) is 0 Å². The minimum Gasteiger partial charge on any atom is -0.478 e. The summed E-state index contributed by atoms with van der Waals surface area (Å²) >= 11 is 0. The highest BCUT2D eigenvalue weighted by atomic mass is 16.4. The first kappa shape index (κ1) is 16.9. The number of aromatic carboxylic acids is 1. The number of Topliss-reactive ketones (excluding diaryl/α,β-unsaturated/α-hetero) is 1. The minimum absolute atomic E-state index is 0.0426. The molecule has 0 aliphatic heterocycles. The van der Waals surface area contributed by atoms with E-state index < -0.39 is 5.97 Å². The molecule has 21 heavy (non-hydrogen) atoms. The quantitative estimate of drug-likeness (QED) is 0.784. The van der Waals surface area contributed by atoms with E-state index in [-0.39, 0.29) is 28.4 Å². The Morgan fingerprint density at radius 1 is 0.952 bits per heavy atom. The van der Waals surface area contributed by atoms with E-state index in [9.17, 15) is 14.4 Å². The third-order valence-corrected chi connectivity index (χ3v) is 3.11. The molecule has 0 atom stereocenters. The Morgan fingerprint density at radius 3 is 1.86 bits per heavy atom. The summed E-state index contributed by atoms with van der Waals surface area (Å²) in [6, 6.07) is 4.09. The first-order valence-electron chi connectivity index (χ1n) is 7.09. The van der Waals surface area contributed by atoms with Gasteiger partial charge in [0.05, 0.1) is 5.56 Å². The van der Waals surface area contributed by atoms with Crippen molar-refractivity contribution < 1.29 is 19.5 Å². The molecule has 1 N–H and O–H groups in total. The molecule has 114 valence electrons. The highest BCUT2D eigenvalue weighted by Crippen LogP contribution is 2.14. The van der Waals surface area contributed by atoms with Crippen LogP contribution < -0.4 is 0 Å². The van der Waals surface area contributed by atoms with E-state index in [4.69, 9.17) is 5.11 Å². The summed E-state index contributed by atoms with van der Waals surface area (Å²) in [6.45, 7) is 6.53. The average Bonchev–Trinajstić information content (AvgIpc) is 2.45. The summed E-state index contributed by atoms with van der Waals surface area (Å²) in [4.78, 5) is 36.8. The summed E-state index contributed by atoms with van der Waals surface area (Å²) < 4.78 is 0. The maximum atomic E-state index is 12.5. The Labute approximate surface area is 124 Å². The molecule has 0 unspecified atom stereocenters. The van der Waals surface area contributed by atoms with E-state index in [0.717, 1.165) is 12.8 Å². The number of amides is 1. The Kier molecular flexibility index (Phi) is 6.09. The molecule has 1 aromatic carbocycles. The number of carboxylic acids is 1. The molecule has 0 saturated heterocycles. The monoisotopic (exact) mass is 291 g/mol. The second kappa shape index (κ2) is 7.57. The number of carboxylic acid groups (broad SMARTS) is 1. The molecule has 0 aromatic heterocycles. The molecule has 1 aromatic rings. The standard InChI is InChI=1S/C16H21NO4/c1-4-6-17(7-5-2)15(19)13-8-12(11(3)18)9-14(10-13)16(20)21/h8-10H,4-7H2,1-3H3,(H,20,21). The fourth-order valence-electron chi connectivity index (χ4n) is 2.12. The average molecular weight is 291 g/mol. The lowest BCUT2D eigenvalue weighted by Gasteiger charge is -2.22. The van der Waals surface area contributed by atoms with Gasteiger partial charge in [0.1, 0.15) is 0 Å². The van der Waals surface area contributed by atoms with Crippen LogP contribution in [0, 0.1) is 0 Å². The van der Waals surface area contributed by atoms with Crippen molar-refractivity contribution in [2.75, 3.05) is 13.1 Å². The SMILES string of the molecule is CCCN(CCC)C(=O)c1cc(C(C)=O)cc(C(=O)O)c1. The number of rotatable bonds is 7. The minimum atomic E-state index is -1.15. The Morgan fingerprint density at radius 2 is 1.43 bits per heavy atom. The molecule has 0 aliphatic rings. The van der Waals surface area contributed by atoms with Crippen LogP contribution in [0.15, 0.2) is 18.2 Å². The second-order valence-electron chi connectivity index (χ2n) is 4.95. The summed E-state index contributed by atoms with van der Waals surface area (Å²) in [5.41, 5.74) is 0.451. The highest BCUT2D eigenvalue weighted by molar-refractivity contribution is 6.03. The van der Waals surface area contributed by atoms with Crippen LogP contribution in [0.2, 0.25) is 0 Å². The number of nitrogens with zero attached hydrogens (tertiary/aromatic N) is 1. The maximum Gasteiger partial charge on any atom is 0.335 e. The lowest BCUT2D eigenvalue weighted by atomic mass is 10.0. The molecule has 0 fully saturated rings. The lowest BCUT2D eigenvalue weighted by molar-refractivity contribution is 0.0697. The third kappa shape index (κ3) is 4.41. The van der Waals surface area contributed by atoms with Crippen LogP contribution in [-0.2, 0) is 0 Å². The van der Waals surface area contributed by atoms with E-state index in [1.54, 1.807) is 4.90 Å². The zero-order valence-electron chi connectivity index (χ0n) is 12.7. The van der Waals surface area contributed by atoms with Crippen LogP contribution in [0.1, 0.15) is 64.7 Å². The Bertz CT molecular complexity index is 513. The van der Waals surface area contributed by atoms with Gasteiger partial charge in [0, 0.05) is 24.2 Å². The van der Waals surface area contributed by atoms with E-state index in [1.165, 1.54) is 25.1 Å². The number of hydrogen-bond acceptors (Lipinski definition) is 3. The van der Waals surface area contributed by atoms with Crippen molar-refractivity contribution in [1.82, 2.24) is 4.90 Å². The van der Waals surface area contributed by atoms with Gasteiger partial charge < -0.3 is 10.0 Å². The van der Waals surface area contributed by atoms with Gasteiger partial charge in [0.25, 0.3) is 5.91 Å². The van der Waals surface area contributed by atoms with Crippen LogP contribution in [0.25, 0.3) is 0 Å². The zero-order chi connectivity index (χ0) is 16.0.